The molecule has 0 aliphatic heterocycles. The summed E-state index contributed by atoms with van der Waals surface area (Å²) < 4.78 is 13.4. The molecule has 2 heterocycles. The average Bonchev–Trinajstić information content (AvgIpc) is 3.57. The normalized spacial score (nSPS) is 13.1. The Labute approximate surface area is 254 Å². The highest BCUT2D eigenvalue weighted by Crippen LogP contribution is 2.30. The van der Waals surface area contributed by atoms with E-state index in [0.717, 1.165) is 52.7 Å². The molecule has 0 bridgehead atoms. The van der Waals surface area contributed by atoms with E-state index in [1.54, 1.807) is 25.3 Å². The molecule has 0 fully saturated rings. The zero-order valence-corrected chi connectivity index (χ0v) is 25.5. The molecule has 4 aromatic rings. The fourth-order valence-electron chi connectivity index (χ4n) is 5.02. The maximum atomic E-state index is 13.3. The molecular formula is C32H33Cl2N3O3S. The minimum Gasteiger partial charge on any atom is -0.497 e. The van der Waals surface area contributed by atoms with Crippen molar-refractivity contribution in [3.8, 4) is 22.9 Å². The lowest BCUT2D eigenvalue weighted by atomic mass is 9.97. The van der Waals surface area contributed by atoms with Gasteiger partial charge in [0.25, 0.3) is 5.91 Å². The predicted octanol–water partition coefficient (Wildman–Crippen LogP) is 8.48. The number of hydrogen-bond donors (Lipinski definition) is 1. The first-order valence-electron chi connectivity index (χ1n) is 13.7. The fraction of sp³-hybridized carbons (Fsp3) is 0.312. The van der Waals surface area contributed by atoms with Gasteiger partial charge in [0.05, 0.1) is 24.1 Å². The topological polar surface area (TPSA) is 65.4 Å². The lowest BCUT2D eigenvalue weighted by Gasteiger charge is -2.13. The van der Waals surface area contributed by atoms with Crippen LogP contribution in [0.15, 0.2) is 65.6 Å². The number of allylic oxidation sites excluding steroid dienone is 1. The van der Waals surface area contributed by atoms with Crippen molar-refractivity contribution in [2.45, 2.75) is 52.2 Å². The minimum atomic E-state index is -0.0646. The molecule has 0 unspecified atom stereocenters. The van der Waals surface area contributed by atoms with Crippen LogP contribution in [0.2, 0.25) is 10.0 Å². The molecule has 5 rings (SSSR count). The first kappa shape index (κ1) is 29.2. The van der Waals surface area contributed by atoms with Crippen LogP contribution in [0.25, 0.3) is 11.4 Å². The summed E-state index contributed by atoms with van der Waals surface area (Å²) >= 11 is 13.7. The highest BCUT2D eigenvalue weighted by molar-refractivity contribution is 7.09. The Hall–Kier alpha value is -3.26. The van der Waals surface area contributed by atoms with Gasteiger partial charge in [-0.15, -0.1) is 11.3 Å². The Morgan fingerprint density at radius 2 is 1.85 bits per heavy atom. The molecule has 0 saturated heterocycles. The molecule has 0 saturated carbocycles. The van der Waals surface area contributed by atoms with E-state index in [2.05, 4.69) is 16.0 Å². The van der Waals surface area contributed by atoms with Crippen molar-refractivity contribution in [2.75, 3.05) is 13.7 Å². The van der Waals surface area contributed by atoms with Crippen molar-refractivity contribution in [1.29, 1.82) is 0 Å². The van der Waals surface area contributed by atoms with Gasteiger partial charge in [-0.1, -0.05) is 47.0 Å². The van der Waals surface area contributed by atoms with Crippen molar-refractivity contribution in [3.63, 3.8) is 0 Å². The quantitative estimate of drug-likeness (QED) is 0.173. The number of nitrogens with zero attached hydrogens (tertiary/aromatic N) is 2. The Balaban J connectivity index is 1.37. The van der Waals surface area contributed by atoms with E-state index in [4.69, 9.17) is 37.7 Å². The average molecular weight is 611 g/mol. The monoisotopic (exact) mass is 609 g/mol. The number of aromatic nitrogens is 2. The lowest BCUT2D eigenvalue weighted by molar-refractivity contribution is 0.0953. The number of nitrogens with one attached hydrogen (secondary N) is 1. The van der Waals surface area contributed by atoms with E-state index in [-0.39, 0.29) is 12.5 Å². The number of thiazole rings is 1. The minimum absolute atomic E-state index is 0.0646. The van der Waals surface area contributed by atoms with Gasteiger partial charge in [0.1, 0.15) is 23.1 Å². The van der Waals surface area contributed by atoms with Gasteiger partial charge in [-0.25, -0.2) is 4.98 Å². The molecule has 9 heteroatoms. The van der Waals surface area contributed by atoms with Crippen LogP contribution >= 0.6 is 34.5 Å². The Bertz CT molecular complexity index is 1520. The van der Waals surface area contributed by atoms with Gasteiger partial charge in [-0.3, -0.25) is 4.79 Å². The van der Waals surface area contributed by atoms with Crippen molar-refractivity contribution in [2.24, 2.45) is 0 Å². The molecule has 2 aromatic heterocycles. The summed E-state index contributed by atoms with van der Waals surface area (Å²) in [5.41, 5.74) is 5.77. The molecule has 214 valence electrons. The number of methoxy groups -OCH3 is 1. The molecule has 1 aliphatic carbocycles. The third kappa shape index (κ3) is 7.53. The summed E-state index contributed by atoms with van der Waals surface area (Å²) in [4.78, 5) is 18.2. The third-order valence-electron chi connectivity index (χ3n) is 7.24. The zero-order valence-electron chi connectivity index (χ0n) is 23.2. The maximum Gasteiger partial charge on any atom is 0.253 e. The molecule has 1 aliphatic rings. The van der Waals surface area contributed by atoms with E-state index in [9.17, 15) is 4.79 Å². The smallest absolute Gasteiger partial charge is 0.253 e. The van der Waals surface area contributed by atoms with Gasteiger partial charge in [0, 0.05) is 34.2 Å². The summed E-state index contributed by atoms with van der Waals surface area (Å²) in [7, 11) is 1.66. The largest absolute Gasteiger partial charge is 0.497 e. The fourth-order valence-corrected chi connectivity index (χ4v) is 6.22. The number of benzene rings is 2. The Kier molecular flexibility index (Phi) is 9.70. The Morgan fingerprint density at radius 3 is 2.56 bits per heavy atom. The summed E-state index contributed by atoms with van der Waals surface area (Å²) in [5, 5.41) is 6.97. The molecule has 0 spiro atoms. The third-order valence-corrected chi connectivity index (χ3v) is 8.50. The standard InChI is InChI=1S/C32H33Cl2N3O3S/c1-21-28(32(38)35-13-12-22-6-4-3-5-7-22)17-30(37(21)18-23-8-10-26(39-2)11-9-23)29-20-41-31(36-29)19-40-27-15-24(33)14-25(34)16-27/h6,8-11,14-17,20H,3-5,7,12-13,18-19H2,1-2H3,(H,35,38). The highest BCUT2D eigenvalue weighted by atomic mass is 35.5. The van der Waals surface area contributed by atoms with Gasteiger partial charge in [0.2, 0.25) is 0 Å². The van der Waals surface area contributed by atoms with Crippen molar-refractivity contribution in [1.82, 2.24) is 14.9 Å². The second-order valence-electron chi connectivity index (χ2n) is 10.1. The summed E-state index contributed by atoms with van der Waals surface area (Å²) in [5.74, 6) is 1.32. The molecule has 0 atom stereocenters. The van der Waals surface area contributed by atoms with Crippen LogP contribution in [0, 0.1) is 6.92 Å². The summed E-state index contributed by atoms with van der Waals surface area (Å²) in [6.45, 7) is 3.50. The second-order valence-corrected chi connectivity index (χ2v) is 11.9. The van der Waals surface area contributed by atoms with Gasteiger partial charge < -0.3 is 19.4 Å². The number of carbonyl (C=O) groups is 1. The van der Waals surface area contributed by atoms with Gasteiger partial charge >= 0.3 is 0 Å². The van der Waals surface area contributed by atoms with Crippen LogP contribution in [0.4, 0.5) is 0 Å². The van der Waals surface area contributed by atoms with Crippen LogP contribution in [0.1, 0.15) is 58.7 Å². The molecular weight excluding hydrogens is 577 g/mol. The second kappa shape index (κ2) is 13.6. The van der Waals surface area contributed by atoms with Gasteiger partial charge in [-0.05, 0) is 81.0 Å². The van der Waals surface area contributed by atoms with E-state index >= 15 is 0 Å². The first-order valence-corrected chi connectivity index (χ1v) is 15.4. The first-order chi connectivity index (χ1) is 19.9. The van der Waals surface area contributed by atoms with Crippen LogP contribution in [-0.4, -0.2) is 29.1 Å². The van der Waals surface area contributed by atoms with Crippen LogP contribution < -0.4 is 14.8 Å². The molecule has 1 amide bonds. The van der Waals surface area contributed by atoms with Gasteiger partial charge in [0.15, 0.2) is 0 Å². The number of hydrogen-bond acceptors (Lipinski definition) is 5. The van der Waals surface area contributed by atoms with Crippen molar-refractivity contribution >= 4 is 40.4 Å². The van der Waals surface area contributed by atoms with Crippen molar-refractivity contribution < 1.29 is 14.3 Å². The zero-order chi connectivity index (χ0) is 28.8. The number of rotatable bonds is 11. The predicted molar refractivity (Wildman–Crippen MR) is 167 cm³/mol. The lowest BCUT2D eigenvalue weighted by Crippen LogP contribution is -2.25. The van der Waals surface area contributed by atoms with Crippen LogP contribution in [0.3, 0.4) is 0 Å². The molecule has 41 heavy (non-hydrogen) atoms. The number of halogens is 2. The van der Waals surface area contributed by atoms with Crippen molar-refractivity contribution in [3.05, 3.63) is 97.4 Å². The van der Waals surface area contributed by atoms with Gasteiger partial charge in [-0.2, -0.15) is 0 Å². The van der Waals surface area contributed by atoms with Crippen LogP contribution in [0.5, 0.6) is 11.5 Å². The molecule has 2 aromatic carbocycles. The van der Waals surface area contributed by atoms with Crippen LogP contribution in [-0.2, 0) is 13.2 Å². The molecule has 1 N–H and O–H groups in total. The summed E-state index contributed by atoms with van der Waals surface area (Å²) in [6.07, 6.45) is 8.01. The molecule has 6 nitrogen and oxygen atoms in total. The summed E-state index contributed by atoms with van der Waals surface area (Å²) in [6, 6.07) is 15.0. The van der Waals surface area contributed by atoms with E-state index in [1.807, 2.05) is 42.6 Å². The number of amides is 1. The Morgan fingerprint density at radius 1 is 1.07 bits per heavy atom. The van der Waals surface area contributed by atoms with E-state index in [1.165, 1.54) is 29.8 Å². The van der Waals surface area contributed by atoms with E-state index < -0.39 is 0 Å². The number of ether oxygens (including phenoxy) is 2. The maximum absolute atomic E-state index is 13.3. The SMILES string of the molecule is COc1ccc(Cn2c(-c3csc(COc4cc(Cl)cc(Cl)c4)n3)cc(C(=O)NCCC3=CCCCC3)c2C)cc1. The molecule has 0 radical (unpaired) electrons. The highest BCUT2D eigenvalue weighted by Gasteiger charge is 2.21. The van der Waals surface area contributed by atoms with E-state index in [0.29, 0.717) is 34.4 Å². The number of carbonyl (C=O) groups excluding carboxylic acids is 1.